The first-order valence-corrected chi connectivity index (χ1v) is 8.97. The first-order valence-electron chi connectivity index (χ1n) is 8.97. The number of para-hydroxylation sites is 1. The molecule has 3 rings (SSSR count). The van der Waals surface area contributed by atoms with Crippen LogP contribution in [0.5, 0.6) is 5.75 Å². The number of nitrogens with one attached hydrogen (secondary N) is 2. The molecule has 3 N–H and O–H groups in total. The van der Waals surface area contributed by atoms with Crippen LogP contribution in [0.4, 0.5) is 0 Å². The fourth-order valence-electron chi connectivity index (χ4n) is 3.56. The molecule has 0 saturated heterocycles. The molecule has 2 aromatic rings. The highest BCUT2D eigenvalue weighted by Gasteiger charge is 2.34. The molecule has 0 bridgehead atoms. The number of imidazole rings is 1. The SMILES string of the molecule is C=CCC(O)(CC=C)c1nc2c([nH]1)CC(c1ccccc1OC)CNC2=O. The van der Waals surface area contributed by atoms with Gasteiger partial charge in [0.15, 0.2) is 0 Å². The van der Waals surface area contributed by atoms with E-state index < -0.39 is 5.60 Å². The molecule has 27 heavy (non-hydrogen) atoms. The molecular weight excluding hydrogens is 342 g/mol. The summed E-state index contributed by atoms with van der Waals surface area (Å²) < 4.78 is 5.48. The number of fused-ring (bicyclic) bond motifs is 1. The smallest absolute Gasteiger partial charge is 0.271 e. The van der Waals surface area contributed by atoms with Crippen LogP contribution in [-0.4, -0.2) is 34.6 Å². The van der Waals surface area contributed by atoms with Crippen molar-refractivity contribution >= 4 is 5.91 Å². The van der Waals surface area contributed by atoms with E-state index in [4.69, 9.17) is 4.74 Å². The number of carbonyl (C=O) groups excluding carboxylic acids is 1. The van der Waals surface area contributed by atoms with E-state index in [0.717, 1.165) is 11.3 Å². The highest BCUT2D eigenvalue weighted by Crippen LogP contribution is 2.33. The van der Waals surface area contributed by atoms with Crippen LogP contribution in [0.25, 0.3) is 0 Å². The van der Waals surface area contributed by atoms with Crippen molar-refractivity contribution in [2.24, 2.45) is 0 Å². The van der Waals surface area contributed by atoms with Gasteiger partial charge in [-0.3, -0.25) is 4.79 Å². The van der Waals surface area contributed by atoms with E-state index in [9.17, 15) is 9.90 Å². The van der Waals surface area contributed by atoms with Crippen molar-refractivity contribution in [2.75, 3.05) is 13.7 Å². The number of nitrogens with zero attached hydrogens (tertiary/aromatic N) is 1. The molecule has 6 heteroatoms. The number of hydrogen-bond donors (Lipinski definition) is 3. The standard InChI is InChI=1S/C21H25N3O3/c1-4-10-21(26,11-5-2)20-23-16-12-14(13-22-19(25)18(16)24-20)15-8-6-7-9-17(15)27-3/h4-9,14,26H,1-2,10-13H2,3H3,(H,22,25)(H,23,24). The first-order chi connectivity index (χ1) is 13.0. The lowest BCUT2D eigenvalue weighted by Crippen LogP contribution is -2.28. The Labute approximate surface area is 159 Å². The molecule has 2 heterocycles. The molecule has 0 fully saturated rings. The number of hydrogen-bond acceptors (Lipinski definition) is 4. The summed E-state index contributed by atoms with van der Waals surface area (Å²) in [6.07, 6.45) is 4.47. The Kier molecular flexibility index (Phi) is 5.46. The number of rotatable bonds is 7. The zero-order valence-electron chi connectivity index (χ0n) is 15.5. The third-order valence-electron chi connectivity index (χ3n) is 4.94. The predicted molar refractivity (Wildman–Crippen MR) is 104 cm³/mol. The minimum Gasteiger partial charge on any atom is -0.496 e. The van der Waals surface area contributed by atoms with Gasteiger partial charge in [0, 0.05) is 31.0 Å². The second kappa shape index (κ2) is 7.80. The summed E-state index contributed by atoms with van der Waals surface area (Å²) in [5.74, 6) is 0.939. The molecule has 0 saturated carbocycles. The molecule has 1 aromatic heterocycles. The largest absolute Gasteiger partial charge is 0.496 e. The van der Waals surface area contributed by atoms with E-state index in [0.29, 0.717) is 43.0 Å². The van der Waals surface area contributed by atoms with Crippen molar-refractivity contribution in [2.45, 2.75) is 30.8 Å². The maximum Gasteiger partial charge on any atom is 0.271 e. The first kappa shape index (κ1) is 18.9. The van der Waals surface area contributed by atoms with Crippen LogP contribution >= 0.6 is 0 Å². The van der Waals surface area contributed by atoms with Gasteiger partial charge in [0.05, 0.1) is 7.11 Å². The average molecular weight is 367 g/mol. The normalized spacial score (nSPS) is 16.8. The summed E-state index contributed by atoms with van der Waals surface area (Å²) in [5.41, 5.74) is 0.809. The second-order valence-corrected chi connectivity index (χ2v) is 6.78. The summed E-state index contributed by atoms with van der Waals surface area (Å²) in [6, 6.07) is 7.79. The lowest BCUT2D eigenvalue weighted by atomic mass is 9.93. The van der Waals surface area contributed by atoms with E-state index in [1.807, 2.05) is 24.3 Å². The zero-order chi connectivity index (χ0) is 19.4. The van der Waals surface area contributed by atoms with Crippen molar-refractivity contribution in [3.63, 3.8) is 0 Å². The van der Waals surface area contributed by atoms with Crippen LogP contribution in [0.2, 0.25) is 0 Å². The number of aromatic nitrogens is 2. The van der Waals surface area contributed by atoms with Gasteiger partial charge in [0.2, 0.25) is 0 Å². The van der Waals surface area contributed by atoms with E-state index in [1.54, 1.807) is 19.3 Å². The number of carbonyl (C=O) groups is 1. The Bertz CT molecular complexity index is 846. The van der Waals surface area contributed by atoms with Gasteiger partial charge in [0.1, 0.15) is 22.9 Å². The summed E-state index contributed by atoms with van der Waals surface area (Å²) in [5, 5.41) is 13.9. The molecule has 6 nitrogen and oxygen atoms in total. The fourth-order valence-corrected chi connectivity index (χ4v) is 3.56. The quantitative estimate of drug-likeness (QED) is 0.657. The summed E-state index contributed by atoms with van der Waals surface area (Å²) in [4.78, 5) is 20.2. The molecule has 142 valence electrons. The van der Waals surface area contributed by atoms with E-state index in [-0.39, 0.29) is 11.8 Å². The summed E-state index contributed by atoms with van der Waals surface area (Å²) in [6.45, 7) is 7.90. The highest BCUT2D eigenvalue weighted by atomic mass is 16.5. The van der Waals surface area contributed by atoms with E-state index >= 15 is 0 Å². The molecule has 0 aliphatic carbocycles. The van der Waals surface area contributed by atoms with Crippen molar-refractivity contribution in [3.05, 3.63) is 72.4 Å². The summed E-state index contributed by atoms with van der Waals surface area (Å²) >= 11 is 0. The number of methoxy groups -OCH3 is 1. The van der Waals surface area contributed by atoms with Crippen LogP contribution < -0.4 is 10.1 Å². The molecular formula is C21H25N3O3. The average Bonchev–Trinajstić information content (AvgIpc) is 3.03. The molecule has 1 amide bonds. The minimum absolute atomic E-state index is 0.0338. The number of amides is 1. The fraction of sp³-hybridized carbons (Fsp3) is 0.333. The number of aromatic amines is 1. The molecule has 1 aromatic carbocycles. The Morgan fingerprint density at radius 1 is 1.33 bits per heavy atom. The number of benzene rings is 1. The molecule has 1 aliphatic heterocycles. The summed E-state index contributed by atoms with van der Waals surface area (Å²) in [7, 11) is 1.64. The second-order valence-electron chi connectivity index (χ2n) is 6.78. The number of ether oxygens (including phenoxy) is 1. The van der Waals surface area contributed by atoms with Gasteiger partial charge in [-0.2, -0.15) is 0 Å². The zero-order valence-corrected chi connectivity index (χ0v) is 15.5. The van der Waals surface area contributed by atoms with Crippen molar-refractivity contribution in [1.29, 1.82) is 0 Å². The van der Waals surface area contributed by atoms with Gasteiger partial charge >= 0.3 is 0 Å². The monoisotopic (exact) mass is 367 g/mol. The third-order valence-corrected chi connectivity index (χ3v) is 4.94. The Morgan fingerprint density at radius 2 is 2.04 bits per heavy atom. The van der Waals surface area contributed by atoms with Crippen LogP contribution in [-0.2, 0) is 12.0 Å². The van der Waals surface area contributed by atoms with E-state index in [1.165, 1.54) is 0 Å². The van der Waals surface area contributed by atoms with Gasteiger partial charge < -0.3 is 20.1 Å². The Morgan fingerprint density at radius 3 is 2.70 bits per heavy atom. The minimum atomic E-state index is -1.25. The van der Waals surface area contributed by atoms with E-state index in [2.05, 4.69) is 28.4 Å². The Balaban J connectivity index is 1.99. The predicted octanol–water partition coefficient (Wildman–Crippen LogP) is 2.83. The van der Waals surface area contributed by atoms with Crippen LogP contribution in [0.1, 0.15) is 46.3 Å². The third kappa shape index (κ3) is 3.66. The lowest BCUT2D eigenvalue weighted by Gasteiger charge is -2.23. The molecule has 1 unspecified atom stereocenters. The van der Waals surface area contributed by atoms with Gasteiger partial charge in [0.25, 0.3) is 5.91 Å². The maximum absolute atomic E-state index is 12.5. The van der Waals surface area contributed by atoms with Gasteiger partial charge in [-0.25, -0.2) is 4.98 Å². The molecule has 1 atom stereocenters. The van der Waals surface area contributed by atoms with Crippen molar-refractivity contribution in [1.82, 2.24) is 15.3 Å². The van der Waals surface area contributed by atoms with Gasteiger partial charge in [-0.05, 0) is 18.1 Å². The molecule has 1 aliphatic rings. The highest BCUT2D eigenvalue weighted by molar-refractivity contribution is 5.94. The van der Waals surface area contributed by atoms with Crippen LogP contribution in [0.15, 0.2) is 49.6 Å². The van der Waals surface area contributed by atoms with Gasteiger partial charge in [-0.15, -0.1) is 13.2 Å². The van der Waals surface area contributed by atoms with Gasteiger partial charge in [-0.1, -0.05) is 30.4 Å². The number of H-pyrrole nitrogens is 1. The lowest BCUT2D eigenvalue weighted by molar-refractivity contribution is 0.0343. The van der Waals surface area contributed by atoms with Crippen molar-refractivity contribution in [3.8, 4) is 5.75 Å². The molecule has 0 radical (unpaired) electrons. The Hall–Kier alpha value is -2.86. The van der Waals surface area contributed by atoms with Crippen LogP contribution in [0.3, 0.4) is 0 Å². The van der Waals surface area contributed by atoms with Crippen LogP contribution in [0, 0.1) is 0 Å². The van der Waals surface area contributed by atoms with Crippen molar-refractivity contribution < 1.29 is 14.6 Å². The number of aliphatic hydroxyl groups is 1. The topological polar surface area (TPSA) is 87.2 Å². The molecule has 0 spiro atoms. The maximum atomic E-state index is 12.5.